The van der Waals surface area contributed by atoms with Crippen LogP contribution < -0.4 is 27.4 Å². The lowest BCUT2D eigenvalue weighted by molar-refractivity contribution is -0.143. The molecule has 11 nitrogen and oxygen atoms in total. The molecule has 0 unspecified atom stereocenters. The van der Waals surface area contributed by atoms with Gasteiger partial charge >= 0.3 is 5.97 Å². The van der Waals surface area contributed by atoms with Crippen molar-refractivity contribution in [3.63, 3.8) is 0 Å². The Balaban J connectivity index is 5.26. The summed E-state index contributed by atoms with van der Waals surface area (Å²) in [6.07, 6.45) is 1.99. The van der Waals surface area contributed by atoms with Gasteiger partial charge in [-0.3, -0.25) is 14.4 Å². The molecule has 0 aromatic carbocycles. The van der Waals surface area contributed by atoms with Crippen molar-refractivity contribution in [1.29, 1.82) is 0 Å². The Bertz CT molecular complexity index is 613. The average molecular weight is 460 g/mol. The van der Waals surface area contributed by atoms with Crippen molar-refractivity contribution in [2.24, 2.45) is 23.3 Å². The van der Waals surface area contributed by atoms with Crippen LogP contribution in [0.1, 0.15) is 59.8 Å². The van der Waals surface area contributed by atoms with Crippen LogP contribution in [0.5, 0.6) is 0 Å². The average Bonchev–Trinajstić information content (AvgIpc) is 2.69. The molecular formula is C21H41N5O6. The number of aliphatic carboxylic acids is 1. The summed E-state index contributed by atoms with van der Waals surface area (Å²) in [5.74, 6) is -2.96. The number of carbonyl (C=O) groups is 4. The molecule has 0 bridgehead atoms. The van der Waals surface area contributed by atoms with Crippen LogP contribution in [0.15, 0.2) is 0 Å². The Labute approximate surface area is 190 Å². The van der Waals surface area contributed by atoms with Crippen molar-refractivity contribution in [2.45, 2.75) is 84.0 Å². The number of carboxylic acid groups (broad SMARTS) is 1. The van der Waals surface area contributed by atoms with Gasteiger partial charge in [0.15, 0.2) is 0 Å². The lowest BCUT2D eigenvalue weighted by Crippen LogP contribution is -2.58. The van der Waals surface area contributed by atoms with Gasteiger partial charge in [-0.1, -0.05) is 27.7 Å². The second-order valence-corrected chi connectivity index (χ2v) is 8.85. The molecule has 0 fully saturated rings. The molecule has 0 aliphatic heterocycles. The third kappa shape index (κ3) is 12.0. The molecule has 11 heteroatoms. The summed E-state index contributed by atoms with van der Waals surface area (Å²) in [6.45, 7) is 7.18. The number of hydrogen-bond donors (Lipinski definition) is 7. The number of aliphatic hydroxyl groups is 1. The highest BCUT2D eigenvalue weighted by atomic mass is 16.4. The molecule has 0 rings (SSSR count). The number of aliphatic hydroxyl groups excluding tert-OH is 1. The van der Waals surface area contributed by atoms with E-state index in [0.29, 0.717) is 25.8 Å². The van der Waals surface area contributed by atoms with E-state index >= 15 is 0 Å². The van der Waals surface area contributed by atoms with Crippen molar-refractivity contribution >= 4 is 23.7 Å². The van der Waals surface area contributed by atoms with Crippen LogP contribution in [-0.4, -0.2) is 71.2 Å². The van der Waals surface area contributed by atoms with Crippen LogP contribution >= 0.6 is 0 Å². The van der Waals surface area contributed by atoms with Gasteiger partial charge in [-0.15, -0.1) is 0 Å². The van der Waals surface area contributed by atoms with E-state index < -0.39 is 54.5 Å². The van der Waals surface area contributed by atoms with E-state index in [1.54, 1.807) is 0 Å². The van der Waals surface area contributed by atoms with E-state index in [0.717, 1.165) is 0 Å². The summed E-state index contributed by atoms with van der Waals surface area (Å²) in [5.41, 5.74) is 11.3. The van der Waals surface area contributed by atoms with E-state index in [9.17, 15) is 29.4 Å². The number of carboxylic acids is 1. The van der Waals surface area contributed by atoms with Gasteiger partial charge < -0.3 is 37.6 Å². The van der Waals surface area contributed by atoms with Gasteiger partial charge in [-0.2, -0.15) is 0 Å². The lowest BCUT2D eigenvalue weighted by Gasteiger charge is -2.25. The van der Waals surface area contributed by atoms with Crippen LogP contribution in [0.3, 0.4) is 0 Å². The third-order valence-corrected chi connectivity index (χ3v) is 4.78. The van der Waals surface area contributed by atoms with Gasteiger partial charge in [0.05, 0.1) is 12.6 Å². The summed E-state index contributed by atoms with van der Waals surface area (Å²) in [7, 11) is 0. The Morgan fingerprint density at radius 1 is 0.781 bits per heavy atom. The summed E-state index contributed by atoms with van der Waals surface area (Å²) >= 11 is 0. The number of nitrogens with two attached hydrogens (primary N) is 2. The minimum Gasteiger partial charge on any atom is -0.480 e. The van der Waals surface area contributed by atoms with E-state index in [2.05, 4.69) is 16.0 Å². The zero-order valence-electron chi connectivity index (χ0n) is 19.6. The SMILES string of the molecule is CC(C)C[C@@H](N)C(=O)N[C@H](CO)C(=O)N[C@@H](CCCCN)C(=O)N[C@@H](CC(C)C)C(=O)O. The van der Waals surface area contributed by atoms with Crippen molar-refractivity contribution < 1.29 is 29.4 Å². The molecule has 0 radical (unpaired) electrons. The quantitative estimate of drug-likeness (QED) is 0.144. The highest BCUT2D eigenvalue weighted by Gasteiger charge is 2.30. The maximum absolute atomic E-state index is 12.7. The molecule has 186 valence electrons. The zero-order valence-corrected chi connectivity index (χ0v) is 19.6. The van der Waals surface area contributed by atoms with Gasteiger partial charge in [-0.05, 0) is 50.5 Å². The summed E-state index contributed by atoms with van der Waals surface area (Å²) in [4.78, 5) is 49.1. The van der Waals surface area contributed by atoms with Crippen LogP contribution in [0.4, 0.5) is 0 Å². The second kappa shape index (κ2) is 15.5. The topological polar surface area (TPSA) is 197 Å². The first-order chi connectivity index (χ1) is 14.9. The predicted molar refractivity (Wildman–Crippen MR) is 120 cm³/mol. The fourth-order valence-corrected chi connectivity index (χ4v) is 3.09. The Kier molecular flexibility index (Phi) is 14.5. The van der Waals surface area contributed by atoms with Crippen molar-refractivity contribution in [3.8, 4) is 0 Å². The van der Waals surface area contributed by atoms with Crippen LogP contribution in [0.25, 0.3) is 0 Å². The smallest absolute Gasteiger partial charge is 0.326 e. The van der Waals surface area contributed by atoms with Crippen LogP contribution in [0.2, 0.25) is 0 Å². The second-order valence-electron chi connectivity index (χ2n) is 8.85. The maximum Gasteiger partial charge on any atom is 0.326 e. The molecule has 0 spiro atoms. The molecule has 0 saturated carbocycles. The number of amides is 3. The molecule has 3 amide bonds. The molecule has 32 heavy (non-hydrogen) atoms. The lowest BCUT2D eigenvalue weighted by atomic mass is 10.0. The number of unbranched alkanes of at least 4 members (excludes halogenated alkanes) is 1. The highest BCUT2D eigenvalue weighted by molar-refractivity contribution is 5.94. The monoisotopic (exact) mass is 459 g/mol. The fourth-order valence-electron chi connectivity index (χ4n) is 3.09. The summed E-state index contributed by atoms with van der Waals surface area (Å²) in [5, 5.41) is 26.3. The maximum atomic E-state index is 12.7. The van der Waals surface area contributed by atoms with E-state index in [1.807, 2.05) is 27.7 Å². The minimum atomic E-state index is -1.29. The van der Waals surface area contributed by atoms with E-state index in [4.69, 9.17) is 11.5 Å². The predicted octanol–water partition coefficient (Wildman–Crippen LogP) is -0.934. The van der Waals surface area contributed by atoms with Gasteiger partial charge in [-0.25, -0.2) is 4.79 Å². The van der Waals surface area contributed by atoms with Crippen LogP contribution in [0, 0.1) is 11.8 Å². The third-order valence-electron chi connectivity index (χ3n) is 4.78. The number of rotatable bonds is 16. The first-order valence-electron chi connectivity index (χ1n) is 11.1. The van der Waals surface area contributed by atoms with E-state index in [1.165, 1.54) is 0 Å². The van der Waals surface area contributed by atoms with Gasteiger partial charge in [0.25, 0.3) is 0 Å². The highest BCUT2D eigenvalue weighted by Crippen LogP contribution is 2.08. The largest absolute Gasteiger partial charge is 0.480 e. The first-order valence-corrected chi connectivity index (χ1v) is 11.1. The van der Waals surface area contributed by atoms with Gasteiger partial charge in [0, 0.05) is 0 Å². The normalized spacial score (nSPS) is 15.0. The molecular weight excluding hydrogens is 418 g/mol. The molecule has 9 N–H and O–H groups in total. The summed E-state index contributed by atoms with van der Waals surface area (Å²) in [6, 6.07) is -4.28. The standard InChI is InChI=1S/C21H41N5O6/c1-12(2)9-14(23)18(28)26-17(11-27)20(30)24-15(7-5-6-8-22)19(29)25-16(21(31)32)10-13(3)4/h12-17,27H,5-11,22-23H2,1-4H3,(H,24,30)(H,25,29)(H,26,28)(H,31,32)/t14-,15+,16+,17-/m1/s1. The van der Waals surface area contributed by atoms with Gasteiger partial charge in [0.2, 0.25) is 17.7 Å². The summed E-state index contributed by atoms with van der Waals surface area (Å²) < 4.78 is 0. The Hall–Kier alpha value is -2.24. The molecule has 0 aliphatic rings. The Morgan fingerprint density at radius 2 is 1.28 bits per heavy atom. The van der Waals surface area contributed by atoms with Gasteiger partial charge in [0.1, 0.15) is 18.1 Å². The van der Waals surface area contributed by atoms with Crippen molar-refractivity contribution in [3.05, 3.63) is 0 Å². The van der Waals surface area contributed by atoms with E-state index in [-0.39, 0.29) is 24.7 Å². The molecule has 0 aromatic heterocycles. The number of nitrogens with one attached hydrogen (secondary N) is 3. The number of hydrogen-bond acceptors (Lipinski definition) is 7. The zero-order chi connectivity index (χ0) is 24.8. The van der Waals surface area contributed by atoms with Crippen molar-refractivity contribution in [1.82, 2.24) is 16.0 Å². The number of carbonyl (C=O) groups excluding carboxylic acids is 3. The molecule has 0 aliphatic carbocycles. The first kappa shape index (κ1) is 29.8. The van der Waals surface area contributed by atoms with Crippen molar-refractivity contribution in [2.75, 3.05) is 13.2 Å². The fraction of sp³-hybridized carbons (Fsp3) is 0.810. The molecule has 4 atom stereocenters. The molecule has 0 saturated heterocycles. The molecule has 0 heterocycles. The molecule has 0 aromatic rings. The minimum absolute atomic E-state index is 0.0331. The van der Waals surface area contributed by atoms with Crippen LogP contribution in [-0.2, 0) is 19.2 Å². The Morgan fingerprint density at radius 3 is 1.75 bits per heavy atom.